The van der Waals surface area contributed by atoms with Gasteiger partial charge in [-0.25, -0.2) is 4.39 Å². The lowest BCUT2D eigenvalue weighted by molar-refractivity contribution is 0.0997. The summed E-state index contributed by atoms with van der Waals surface area (Å²) >= 11 is 12.0. The third-order valence-corrected chi connectivity index (χ3v) is 4.08. The maximum atomic E-state index is 13.2. The number of Topliss-reactive ketones (excluding diaryl/α,β-unsaturated/α-hetero) is 1. The zero-order valence-corrected chi connectivity index (χ0v) is 14.7. The summed E-state index contributed by atoms with van der Waals surface area (Å²) in [7, 11) is 0. The topological polar surface area (TPSA) is 78.3 Å². The summed E-state index contributed by atoms with van der Waals surface area (Å²) in [4.78, 5) is 16.2. The van der Waals surface area contributed by atoms with Crippen molar-refractivity contribution in [1.29, 1.82) is 0 Å². The van der Waals surface area contributed by atoms with Crippen LogP contribution in [0.3, 0.4) is 0 Å². The van der Waals surface area contributed by atoms with Crippen LogP contribution in [0.2, 0.25) is 10.0 Å². The van der Waals surface area contributed by atoms with Crippen molar-refractivity contribution in [3.63, 3.8) is 0 Å². The number of carbonyl (C=O) groups is 1. The number of phenols is 1. The molecule has 1 heterocycles. The third kappa shape index (κ3) is 4.09. The Balaban J connectivity index is 1.70. The van der Waals surface area contributed by atoms with Crippen molar-refractivity contribution in [3.8, 4) is 17.0 Å². The number of nitrogens with zero attached hydrogens (tertiary/aromatic N) is 2. The molecule has 0 aliphatic carbocycles. The van der Waals surface area contributed by atoms with Crippen LogP contribution in [0.1, 0.15) is 16.1 Å². The van der Waals surface area contributed by atoms with E-state index in [9.17, 15) is 9.18 Å². The lowest BCUT2D eigenvalue weighted by atomic mass is 10.1. The number of carbonyl (C=O) groups excluding carboxylic acids is 1. The summed E-state index contributed by atoms with van der Waals surface area (Å²) in [5, 5.41) is 16.8. The molecule has 0 atom stereocenters. The maximum absolute atomic E-state index is 13.2. The Morgan fingerprint density at radius 1 is 1.23 bits per heavy atom. The normalized spacial score (nSPS) is 11.2. The van der Waals surface area contributed by atoms with Crippen molar-refractivity contribution >= 4 is 35.2 Å². The van der Waals surface area contributed by atoms with E-state index in [0.717, 1.165) is 6.07 Å². The van der Waals surface area contributed by atoms with Gasteiger partial charge in [-0.2, -0.15) is 5.10 Å². The first-order valence-corrected chi connectivity index (χ1v) is 8.22. The van der Waals surface area contributed by atoms with E-state index < -0.39 is 11.6 Å². The molecule has 0 amide bonds. The number of aromatic hydroxyl groups is 1. The fourth-order valence-electron chi connectivity index (χ4n) is 2.22. The minimum Gasteiger partial charge on any atom is -0.505 e. The molecule has 132 valence electrons. The first-order valence-electron chi connectivity index (χ1n) is 7.46. The monoisotopic (exact) mass is 391 g/mol. The Hall–Kier alpha value is -2.70. The number of aliphatic imine (C=N–C) groups is 1. The first kappa shape index (κ1) is 18.1. The van der Waals surface area contributed by atoms with Crippen molar-refractivity contribution < 1.29 is 14.3 Å². The summed E-state index contributed by atoms with van der Waals surface area (Å²) in [6.45, 7) is -0.140. The van der Waals surface area contributed by atoms with Crippen LogP contribution in [0.5, 0.6) is 5.75 Å². The summed E-state index contributed by atoms with van der Waals surface area (Å²) < 4.78 is 13.2. The Kier molecular flexibility index (Phi) is 5.35. The van der Waals surface area contributed by atoms with Crippen molar-refractivity contribution in [2.24, 2.45) is 4.99 Å². The molecule has 1 aromatic heterocycles. The molecule has 5 nitrogen and oxygen atoms in total. The molecule has 2 aromatic carbocycles. The fraction of sp³-hybridized carbons (Fsp3) is 0.0556. The van der Waals surface area contributed by atoms with Gasteiger partial charge < -0.3 is 5.11 Å². The van der Waals surface area contributed by atoms with E-state index in [1.54, 1.807) is 24.3 Å². The van der Waals surface area contributed by atoms with Crippen LogP contribution in [0, 0.1) is 5.82 Å². The van der Waals surface area contributed by atoms with Gasteiger partial charge >= 0.3 is 0 Å². The van der Waals surface area contributed by atoms with Crippen LogP contribution < -0.4 is 0 Å². The predicted molar refractivity (Wildman–Crippen MR) is 98.9 cm³/mol. The number of hydrogen-bond acceptors (Lipinski definition) is 4. The van der Waals surface area contributed by atoms with E-state index in [0.29, 0.717) is 26.9 Å². The zero-order valence-electron chi connectivity index (χ0n) is 13.2. The minimum absolute atomic E-state index is 0.140. The van der Waals surface area contributed by atoms with E-state index in [1.807, 2.05) is 0 Å². The van der Waals surface area contributed by atoms with Crippen LogP contribution in [0.25, 0.3) is 11.3 Å². The highest BCUT2D eigenvalue weighted by atomic mass is 35.5. The quantitative estimate of drug-likeness (QED) is 0.495. The highest BCUT2D eigenvalue weighted by Gasteiger charge is 2.12. The van der Waals surface area contributed by atoms with Gasteiger partial charge in [-0.3, -0.25) is 14.9 Å². The van der Waals surface area contributed by atoms with E-state index in [2.05, 4.69) is 15.2 Å². The molecular weight excluding hydrogens is 380 g/mol. The third-order valence-electron chi connectivity index (χ3n) is 3.53. The summed E-state index contributed by atoms with van der Waals surface area (Å²) in [5.41, 5.74) is 1.88. The smallest absolute Gasteiger partial charge is 0.201 e. The lowest BCUT2D eigenvalue weighted by Crippen LogP contribution is -2.04. The highest BCUT2D eigenvalue weighted by Crippen LogP contribution is 2.29. The Morgan fingerprint density at radius 3 is 2.77 bits per heavy atom. The molecule has 3 aromatic rings. The number of ketones is 1. The number of phenolic OH excluding ortho intramolecular Hbond substituents is 1. The summed E-state index contributed by atoms with van der Waals surface area (Å²) in [6, 6.07) is 10.4. The van der Waals surface area contributed by atoms with Gasteiger partial charge in [0.05, 0.1) is 10.7 Å². The SMILES string of the molecule is O=C(CN=Cc1ccc(O)c(F)c1)c1cc(-c2ccc(Cl)cc2Cl)n[nH]1. The van der Waals surface area contributed by atoms with Crippen molar-refractivity contribution in [2.45, 2.75) is 0 Å². The number of rotatable bonds is 5. The number of aromatic amines is 1. The number of halogens is 3. The van der Waals surface area contributed by atoms with Crippen molar-refractivity contribution in [3.05, 3.63) is 69.6 Å². The van der Waals surface area contributed by atoms with Crippen LogP contribution in [0.15, 0.2) is 47.5 Å². The van der Waals surface area contributed by atoms with Crippen LogP contribution >= 0.6 is 23.2 Å². The number of hydrogen-bond donors (Lipinski definition) is 2. The van der Waals surface area contributed by atoms with Gasteiger partial charge in [-0.05, 0) is 48.0 Å². The van der Waals surface area contributed by atoms with Gasteiger partial charge in [0.25, 0.3) is 0 Å². The van der Waals surface area contributed by atoms with E-state index in [1.165, 1.54) is 18.3 Å². The van der Waals surface area contributed by atoms with Gasteiger partial charge in [0, 0.05) is 16.8 Å². The van der Waals surface area contributed by atoms with Crippen LogP contribution in [0.4, 0.5) is 4.39 Å². The summed E-state index contributed by atoms with van der Waals surface area (Å²) in [6.07, 6.45) is 1.35. The molecule has 0 spiro atoms. The molecule has 26 heavy (non-hydrogen) atoms. The molecule has 0 saturated heterocycles. The van der Waals surface area contributed by atoms with E-state index in [-0.39, 0.29) is 18.0 Å². The molecule has 2 N–H and O–H groups in total. The largest absolute Gasteiger partial charge is 0.505 e. The summed E-state index contributed by atoms with van der Waals surface area (Å²) in [5.74, 6) is -1.48. The van der Waals surface area contributed by atoms with Gasteiger partial charge in [0.1, 0.15) is 12.2 Å². The molecule has 0 bridgehead atoms. The van der Waals surface area contributed by atoms with Gasteiger partial charge in [0.2, 0.25) is 5.78 Å². The molecule has 0 radical (unpaired) electrons. The molecule has 8 heteroatoms. The molecule has 0 aliphatic heterocycles. The Bertz CT molecular complexity index is 1000. The molecular formula is C18H12Cl2FN3O2. The highest BCUT2D eigenvalue weighted by molar-refractivity contribution is 6.36. The first-order chi connectivity index (χ1) is 12.4. The second kappa shape index (κ2) is 7.68. The van der Waals surface area contributed by atoms with E-state index >= 15 is 0 Å². The van der Waals surface area contributed by atoms with Crippen LogP contribution in [-0.4, -0.2) is 33.8 Å². The second-order valence-corrected chi connectivity index (χ2v) is 6.24. The molecule has 3 rings (SSSR count). The number of nitrogens with one attached hydrogen (secondary N) is 1. The van der Waals surface area contributed by atoms with Crippen molar-refractivity contribution in [2.75, 3.05) is 6.54 Å². The molecule has 0 unspecified atom stereocenters. The average molecular weight is 392 g/mol. The average Bonchev–Trinajstić information content (AvgIpc) is 3.08. The molecule has 0 saturated carbocycles. The Morgan fingerprint density at radius 2 is 2.04 bits per heavy atom. The molecule has 0 fully saturated rings. The number of aromatic nitrogens is 2. The number of benzene rings is 2. The number of H-pyrrole nitrogens is 1. The standard InChI is InChI=1S/C18H12Cl2FN3O2/c19-11-2-3-12(13(20)6-11)15-7-16(24-23-15)18(26)9-22-8-10-1-4-17(25)14(21)5-10/h1-8,25H,9H2,(H,23,24). The van der Waals surface area contributed by atoms with Gasteiger partial charge in [-0.15, -0.1) is 0 Å². The lowest BCUT2D eigenvalue weighted by Gasteiger charge is -2.00. The molecule has 0 aliphatic rings. The van der Waals surface area contributed by atoms with Gasteiger partial charge in [0.15, 0.2) is 11.6 Å². The predicted octanol–water partition coefficient (Wildman–Crippen LogP) is 4.53. The van der Waals surface area contributed by atoms with E-state index in [4.69, 9.17) is 28.3 Å². The Labute approximate surface area is 158 Å². The minimum atomic E-state index is -0.752. The zero-order chi connectivity index (χ0) is 18.7. The van der Waals surface area contributed by atoms with Crippen LogP contribution in [-0.2, 0) is 0 Å². The van der Waals surface area contributed by atoms with Gasteiger partial charge in [-0.1, -0.05) is 23.2 Å². The maximum Gasteiger partial charge on any atom is 0.201 e. The fourth-order valence-corrected chi connectivity index (χ4v) is 2.73. The van der Waals surface area contributed by atoms with Crippen molar-refractivity contribution in [1.82, 2.24) is 10.2 Å². The second-order valence-electron chi connectivity index (χ2n) is 5.39.